The molecule has 2 aromatic carbocycles. The zero-order valence-corrected chi connectivity index (χ0v) is 16.3. The van der Waals surface area contributed by atoms with Gasteiger partial charge < -0.3 is 10.6 Å². The van der Waals surface area contributed by atoms with Gasteiger partial charge in [0.2, 0.25) is 0 Å². The molecule has 7 heteroatoms. The highest BCUT2D eigenvalue weighted by atomic mass is 32.2. The first-order chi connectivity index (χ1) is 12.3. The summed E-state index contributed by atoms with van der Waals surface area (Å²) in [4.78, 5) is 12.4. The van der Waals surface area contributed by atoms with Crippen molar-refractivity contribution in [3.63, 3.8) is 0 Å². The number of carbonyl (C=O) groups excluding carboxylic acids is 1. The van der Waals surface area contributed by atoms with Crippen molar-refractivity contribution in [3.05, 3.63) is 59.7 Å². The SMILES string of the molecule is CNC(C)CNC(=O)c1cccc(S(=O)(=O)N(C)c2ccc(C)cc2)c1. The molecule has 0 saturated heterocycles. The number of sulfonamides is 1. The summed E-state index contributed by atoms with van der Waals surface area (Å²) in [5.41, 5.74) is 1.92. The average molecular weight is 375 g/mol. The fourth-order valence-corrected chi connectivity index (χ4v) is 3.54. The lowest BCUT2D eigenvalue weighted by molar-refractivity contribution is 0.0950. The molecule has 140 valence electrons. The average Bonchev–Trinajstić information content (AvgIpc) is 2.65. The maximum Gasteiger partial charge on any atom is 0.264 e. The van der Waals surface area contributed by atoms with E-state index < -0.39 is 10.0 Å². The summed E-state index contributed by atoms with van der Waals surface area (Å²) in [5, 5.41) is 5.81. The first kappa shape index (κ1) is 19.9. The number of amides is 1. The predicted octanol–water partition coefficient (Wildman–Crippen LogP) is 2.16. The standard InChI is InChI=1S/C19H25N3O3S/c1-14-8-10-17(11-9-14)22(4)26(24,25)18-7-5-6-16(12-18)19(23)21-13-15(2)20-3/h5-12,15,20H,13H2,1-4H3,(H,21,23). The number of likely N-dealkylation sites (N-methyl/N-ethyl adjacent to an activating group) is 1. The van der Waals surface area contributed by atoms with E-state index in [1.807, 2.05) is 33.0 Å². The number of carbonyl (C=O) groups is 1. The lowest BCUT2D eigenvalue weighted by atomic mass is 10.2. The Morgan fingerprint density at radius 1 is 1.15 bits per heavy atom. The van der Waals surface area contributed by atoms with Crippen molar-refractivity contribution < 1.29 is 13.2 Å². The number of benzene rings is 2. The second kappa shape index (κ2) is 8.33. The fraction of sp³-hybridized carbons (Fsp3) is 0.316. The van der Waals surface area contributed by atoms with Gasteiger partial charge >= 0.3 is 0 Å². The number of nitrogens with zero attached hydrogens (tertiary/aromatic N) is 1. The van der Waals surface area contributed by atoms with Crippen LogP contribution in [0.3, 0.4) is 0 Å². The molecule has 1 unspecified atom stereocenters. The minimum absolute atomic E-state index is 0.0786. The van der Waals surface area contributed by atoms with E-state index in [0.29, 0.717) is 17.8 Å². The van der Waals surface area contributed by atoms with Gasteiger partial charge in [-0.1, -0.05) is 23.8 Å². The van der Waals surface area contributed by atoms with Crippen molar-refractivity contribution in [1.82, 2.24) is 10.6 Å². The third-order valence-electron chi connectivity index (χ3n) is 4.21. The molecule has 0 aromatic heterocycles. The van der Waals surface area contributed by atoms with Gasteiger partial charge in [0.25, 0.3) is 15.9 Å². The third-order valence-corrected chi connectivity index (χ3v) is 6.00. The molecule has 0 aliphatic rings. The van der Waals surface area contributed by atoms with E-state index in [0.717, 1.165) is 5.56 Å². The van der Waals surface area contributed by atoms with Crippen molar-refractivity contribution in [3.8, 4) is 0 Å². The molecule has 0 fully saturated rings. The Hall–Kier alpha value is -2.38. The molecule has 1 amide bonds. The van der Waals surface area contributed by atoms with Crippen LogP contribution in [0.4, 0.5) is 5.69 Å². The van der Waals surface area contributed by atoms with Crippen LogP contribution < -0.4 is 14.9 Å². The van der Waals surface area contributed by atoms with E-state index in [2.05, 4.69) is 10.6 Å². The van der Waals surface area contributed by atoms with Crippen molar-refractivity contribution in [2.24, 2.45) is 0 Å². The van der Waals surface area contributed by atoms with Crippen molar-refractivity contribution in [1.29, 1.82) is 0 Å². The third kappa shape index (κ3) is 4.62. The fourth-order valence-electron chi connectivity index (χ4n) is 2.30. The molecular formula is C19H25N3O3S. The van der Waals surface area contributed by atoms with Crippen LogP contribution in [0.1, 0.15) is 22.8 Å². The lowest BCUT2D eigenvalue weighted by Crippen LogP contribution is -2.37. The van der Waals surface area contributed by atoms with E-state index in [1.54, 1.807) is 24.3 Å². The highest BCUT2D eigenvalue weighted by molar-refractivity contribution is 7.92. The Morgan fingerprint density at radius 2 is 1.81 bits per heavy atom. The number of anilines is 1. The van der Waals surface area contributed by atoms with Gasteiger partial charge in [-0.3, -0.25) is 9.10 Å². The van der Waals surface area contributed by atoms with Crippen LogP contribution in [0, 0.1) is 6.92 Å². The van der Waals surface area contributed by atoms with Gasteiger partial charge in [-0.2, -0.15) is 0 Å². The Balaban J connectivity index is 2.24. The van der Waals surface area contributed by atoms with Gasteiger partial charge in [0.1, 0.15) is 0 Å². The molecule has 6 nitrogen and oxygen atoms in total. The summed E-state index contributed by atoms with van der Waals surface area (Å²) >= 11 is 0. The van der Waals surface area contributed by atoms with Crippen molar-refractivity contribution in [2.45, 2.75) is 24.8 Å². The summed E-state index contributed by atoms with van der Waals surface area (Å²) in [5.74, 6) is -0.304. The molecule has 1 atom stereocenters. The lowest BCUT2D eigenvalue weighted by Gasteiger charge is -2.20. The summed E-state index contributed by atoms with van der Waals surface area (Å²) in [7, 11) is -0.444. The first-order valence-corrected chi connectivity index (χ1v) is 9.81. The Labute approximate surface area is 155 Å². The highest BCUT2D eigenvalue weighted by Crippen LogP contribution is 2.23. The van der Waals surface area contributed by atoms with Crippen LogP contribution in [0.2, 0.25) is 0 Å². The molecule has 0 saturated carbocycles. The smallest absolute Gasteiger partial charge is 0.264 e. The number of hydrogen-bond acceptors (Lipinski definition) is 4. The molecule has 2 aromatic rings. The van der Waals surface area contributed by atoms with Crippen LogP contribution in [-0.4, -0.2) is 41.0 Å². The zero-order valence-electron chi connectivity index (χ0n) is 15.5. The van der Waals surface area contributed by atoms with E-state index >= 15 is 0 Å². The maximum atomic E-state index is 12.9. The van der Waals surface area contributed by atoms with E-state index in [1.165, 1.54) is 23.5 Å². The van der Waals surface area contributed by atoms with E-state index in [-0.39, 0.29) is 16.8 Å². The predicted molar refractivity (Wildman–Crippen MR) is 104 cm³/mol. The monoisotopic (exact) mass is 375 g/mol. The molecule has 2 N–H and O–H groups in total. The molecule has 0 spiro atoms. The molecule has 0 radical (unpaired) electrons. The largest absolute Gasteiger partial charge is 0.350 e. The number of rotatable bonds is 7. The van der Waals surface area contributed by atoms with Crippen LogP contribution in [-0.2, 0) is 10.0 Å². The summed E-state index contributed by atoms with van der Waals surface area (Å²) in [6.45, 7) is 4.34. The van der Waals surface area contributed by atoms with Gasteiger partial charge in [0.15, 0.2) is 0 Å². The number of aryl methyl sites for hydroxylation is 1. The van der Waals surface area contributed by atoms with Gasteiger partial charge in [0, 0.05) is 25.2 Å². The second-order valence-electron chi connectivity index (χ2n) is 6.24. The summed E-state index contributed by atoms with van der Waals surface area (Å²) < 4.78 is 27.0. The minimum Gasteiger partial charge on any atom is -0.350 e. The molecule has 2 rings (SSSR count). The van der Waals surface area contributed by atoms with Gasteiger partial charge in [-0.05, 0) is 51.2 Å². The molecule has 0 heterocycles. The molecule has 26 heavy (non-hydrogen) atoms. The number of hydrogen-bond donors (Lipinski definition) is 2. The van der Waals surface area contributed by atoms with Crippen LogP contribution in [0.25, 0.3) is 0 Å². The zero-order chi connectivity index (χ0) is 19.3. The van der Waals surface area contributed by atoms with Crippen molar-refractivity contribution in [2.75, 3.05) is 24.9 Å². The summed E-state index contributed by atoms with van der Waals surface area (Å²) in [6, 6.07) is 13.4. The molecule has 0 bridgehead atoms. The summed E-state index contributed by atoms with van der Waals surface area (Å²) in [6.07, 6.45) is 0. The minimum atomic E-state index is -3.76. The highest BCUT2D eigenvalue weighted by Gasteiger charge is 2.22. The molecular weight excluding hydrogens is 350 g/mol. The van der Waals surface area contributed by atoms with Crippen LogP contribution in [0.15, 0.2) is 53.4 Å². The Morgan fingerprint density at radius 3 is 2.42 bits per heavy atom. The van der Waals surface area contributed by atoms with Crippen LogP contribution >= 0.6 is 0 Å². The Bertz CT molecular complexity index is 864. The van der Waals surface area contributed by atoms with Gasteiger partial charge in [-0.15, -0.1) is 0 Å². The Kier molecular flexibility index (Phi) is 6.39. The van der Waals surface area contributed by atoms with E-state index in [4.69, 9.17) is 0 Å². The maximum absolute atomic E-state index is 12.9. The molecule has 0 aliphatic heterocycles. The van der Waals surface area contributed by atoms with Gasteiger partial charge in [-0.25, -0.2) is 8.42 Å². The van der Waals surface area contributed by atoms with Gasteiger partial charge in [0.05, 0.1) is 10.6 Å². The number of nitrogens with one attached hydrogen (secondary N) is 2. The molecule has 0 aliphatic carbocycles. The van der Waals surface area contributed by atoms with Crippen LogP contribution in [0.5, 0.6) is 0 Å². The normalized spacial score (nSPS) is 12.5. The van der Waals surface area contributed by atoms with Crippen molar-refractivity contribution >= 4 is 21.6 Å². The second-order valence-corrected chi connectivity index (χ2v) is 8.20. The van der Waals surface area contributed by atoms with E-state index in [9.17, 15) is 13.2 Å². The topological polar surface area (TPSA) is 78.5 Å². The quantitative estimate of drug-likeness (QED) is 0.777. The first-order valence-electron chi connectivity index (χ1n) is 8.37.